The first-order valence-corrected chi connectivity index (χ1v) is 7.75. The average molecular weight is 361 g/mol. The summed E-state index contributed by atoms with van der Waals surface area (Å²) in [5.74, 6) is 1.04. The number of amides is 1. The van der Waals surface area contributed by atoms with Crippen LogP contribution in [-0.4, -0.2) is 26.2 Å². The Kier molecular flexibility index (Phi) is 6.09. The number of halogens is 1. The lowest BCUT2D eigenvalue weighted by Crippen LogP contribution is -2.30. The Morgan fingerprint density at radius 1 is 1.12 bits per heavy atom. The lowest BCUT2D eigenvalue weighted by molar-refractivity contribution is -0.122. The lowest BCUT2D eigenvalue weighted by atomic mass is 10.2. The number of nitrogens with one attached hydrogen (secondary N) is 1. The topological polar surface area (TPSA) is 80.6 Å². The van der Waals surface area contributed by atoms with Gasteiger partial charge in [0.05, 0.1) is 30.9 Å². The standard InChI is InChI=1S/C18H17ClN2O4/c1-11(25-15-6-4-12(10-20)8-14(15)19)18(22)21-13-5-7-16(23-2)17(9-13)24-3/h4-9,11H,1-3H3,(H,21,22)/t11-/m0/s1. The van der Waals surface area contributed by atoms with E-state index in [4.69, 9.17) is 31.1 Å². The first-order chi connectivity index (χ1) is 12.0. The zero-order valence-electron chi connectivity index (χ0n) is 14.0. The number of benzene rings is 2. The van der Waals surface area contributed by atoms with Crippen LogP contribution >= 0.6 is 11.6 Å². The number of hydrogen-bond donors (Lipinski definition) is 1. The highest BCUT2D eigenvalue weighted by Crippen LogP contribution is 2.30. The maximum absolute atomic E-state index is 12.3. The molecule has 0 saturated heterocycles. The van der Waals surface area contributed by atoms with Crippen molar-refractivity contribution in [3.63, 3.8) is 0 Å². The minimum Gasteiger partial charge on any atom is -0.493 e. The number of nitrogens with zero attached hydrogens (tertiary/aromatic N) is 1. The van der Waals surface area contributed by atoms with Crippen molar-refractivity contribution in [3.05, 3.63) is 47.0 Å². The summed E-state index contributed by atoms with van der Waals surface area (Å²) >= 11 is 6.05. The summed E-state index contributed by atoms with van der Waals surface area (Å²) in [7, 11) is 3.05. The van der Waals surface area contributed by atoms with Crippen LogP contribution in [0, 0.1) is 11.3 Å². The van der Waals surface area contributed by atoms with E-state index >= 15 is 0 Å². The third kappa shape index (κ3) is 4.55. The highest BCUT2D eigenvalue weighted by atomic mass is 35.5. The Morgan fingerprint density at radius 2 is 1.80 bits per heavy atom. The van der Waals surface area contributed by atoms with Crippen molar-refractivity contribution >= 4 is 23.2 Å². The molecule has 0 aliphatic rings. The Morgan fingerprint density at radius 3 is 2.40 bits per heavy atom. The van der Waals surface area contributed by atoms with Crippen LogP contribution in [0.5, 0.6) is 17.2 Å². The van der Waals surface area contributed by atoms with Gasteiger partial charge in [0.2, 0.25) is 0 Å². The number of ether oxygens (including phenoxy) is 3. The molecule has 25 heavy (non-hydrogen) atoms. The first kappa shape index (κ1) is 18.4. The molecule has 1 N–H and O–H groups in total. The molecule has 7 heteroatoms. The summed E-state index contributed by atoms with van der Waals surface area (Å²) in [5, 5.41) is 11.8. The van der Waals surface area contributed by atoms with Crippen LogP contribution in [-0.2, 0) is 4.79 Å². The van der Waals surface area contributed by atoms with Gasteiger partial charge in [-0.2, -0.15) is 5.26 Å². The highest BCUT2D eigenvalue weighted by molar-refractivity contribution is 6.32. The van der Waals surface area contributed by atoms with Gasteiger partial charge in [0.25, 0.3) is 5.91 Å². The van der Waals surface area contributed by atoms with E-state index < -0.39 is 6.10 Å². The monoisotopic (exact) mass is 360 g/mol. The molecule has 1 amide bonds. The van der Waals surface area contributed by atoms with Gasteiger partial charge in [-0.25, -0.2) is 0 Å². The summed E-state index contributed by atoms with van der Waals surface area (Å²) in [6, 6.07) is 11.6. The van der Waals surface area contributed by atoms with E-state index in [0.29, 0.717) is 28.5 Å². The number of hydrogen-bond acceptors (Lipinski definition) is 5. The molecule has 2 rings (SSSR count). The molecule has 0 fully saturated rings. The molecule has 0 bridgehead atoms. The van der Waals surface area contributed by atoms with Gasteiger partial charge in [0.15, 0.2) is 17.6 Å². The lowest BCUT2D eigenvalue weighted by Gasteiger charge is -2.16. The van der Waals surface area contributed by atoms with Crippen LogP contribution in [0.15, 0.2) is 36.4 Å². The fraction of sp³-hybridized carbons (Fsp3) is 0.222. The largest absolute Gasteiger partial charge is 0.493 e. The molecular formula is C18H17ClN2O4. The van der Waals surface area contributed by atoms with Crippen molar-refractivity contribution in [2.24, 2.45) is 0 Å². The molecule has 2 aromatic rings. The van der Waals surface area contributed by atoms with Crippen molar-refractivity contribution in [1.82, 2.24) is 0 Å². The van der Waals surface area contributed by atoms with Crippen molar-refractivity contribution in [1.29, 1.82) is 5.26 Å². The maximum atomic E-state index is 12.3. The summed E-state index contributed by atoms with van der Waals surface area (Å²) in [4.78, 5) is 12.3. The Labute approximate surface area is 150 Å². The third-order valence-corrected chi connectivity index (χ3v) is 3.68. The molecule has 0 aromatic heterocycles. The Bertz CT molecular complexity index is 817. The molecule has 6 nitrogen and oxygen atoms in total. The van der Waals surface area contributed by atoms with Crippen molar-refractivity contribution < 1.29 is 19.0 Å². The van der Waals surface area contributed by atoms with Crippen LogP contribution in [0.1, 0.15) is 12.5 Å². The number of nitriles is 1. The van der Waals surface area contributed by atoms with Gasteiger partial charge < -0.3 is 19.5 Å². The summed E-state index contributed by atoms with van der Waals surface area (Å²) in [5.41, 5.74) is 0.962. The predicted molar refractivity (Wildman–Crippen MR) is 94.4 cm³/mol. The second kappa shape index (κ2) is 8.27. The van der Waals surface area contributed by atoms with Crippen LogP contribution < -0.4 is 19.5 Å². The fourth-order valence-electron chi connectivity index (χ4n) is 2.07. The highest BCUT2D eigenvalue weighted by Gasteiger charge is 2.17. The third-order valence-electron chi connectivity index (χ3n) is 3.39. The molecule has 0 radical (unpaired) electrons. The predicted octanol–water partition coefficient (Wildman–Crippen LogP) is 3.63. The van der Waals surface area contributed by atoms with Gasteiger partial charge in [-0.05, 0) is 37.3 Å². The van der Waals surface area contributed by atoms with Crippen LogP contribution in [0.25, 0.3) is 0 Å². The van der Waals surface area contributed by atoms with Gasteiger partial charge in [-0.1, -0.05) is 11.6 Å². The number of rotatable bonds is 6. The second-order valence-electron chi connectivity index (χ2n) is 5.08. The Hall–Kier alpha value is -2.91. The van der Waals surface area contributed by atoms with E-state index in [1.807, 2.05) is 6.07 Å². The molecule has 130 valence electrons. The number of methoxy groups -OCH3 is 2. The Balaban J connectivity index is 2.07. The van der Waals surface area contributed by atoms with Crippen LogP contribution in [0.2, 0.25) is 5.02 Å². The molecule has 0 unspecified atom stereocenters. The molecule has 0 spiro atoms. The van der Waals surface area contributed by atoms with Crippen molar-refractivity contribution in [3.8, 4) is 23.3 Å². The van der Waals surface area contributed by atoms with Crippen molar-refractivity contribution in [2.45, 2.75) is 13.0 Å². The van der Waals surface area contributed by atoms with Crippen molar-refractivity contribution in [2.75, 3.05) is 19.5 Å². The second-order valence-corrected chi connectivity index (χ2v) is 5.48. The van der Waals surface area contributed by atoms with E-state index in [1.165, 1.54) is 20.3 Å². The van der Waals surface area contributed by atoms with Crippen LogP contribution in [0.3, 0.4) is 0 Å². The van der Waals surface area contributed by atoms with Gasteiger partial charge in [-0.15, -0.1) is 0 Å². The molecule has 1 atom stereocenters. The zero-order valence-corrected chi connectivity index (χ0v) is 14.8. The van der Waals surface area contributed by atoms with Gasteiger partial charge in [-0.3, -0.25) is 4.79 Å². The SMILES string of the molecule is COc1ccc(NC(=O)[C@H](C)Oc2ccc(C#N)cc2Cl)cc1OC. The zero-order chi connectivity index (χ0) is 18.4. The maximum Gasteiger partial charge on any atom is 0.265 e. The van der Waals surface area contributed by atoms with Crippen LogP contribution in [0.4, 0.5) is 5.69 Å². The summed E-state index contributed by atoms with van der Waals surface area (Å²) in [6.07, 6.45) is -0.793. The number of carbonyl (C=O) groups is 1. The quantitative estimate of drug-likeness (QED) is 0.850. The summed E-state index contributed by atoms with van der Waals surface area (Å²) < 4.78 is 15.9. The average Bonchev–Trinajstić information content (AvgIpc) is 2.62. The fourth-order valence-corrected chi connectivity index (χ4v) is 2.29. The minimum atomic E-state index is -0.793. The molecule has 0 aliphatic carbocycles. The number of carbonyl (C=O) groups excluding carboxylic acids is 1. The molecular weight excluding hydrogens is 344 g/mol. The van der Waals surface area contributed by atoms with E-state index in [0.717, 1.165) is 0 Å². The van der Waals surface area contributed by atoms with E-state index in [9.17, 15) is 4.79 Å². The minimum absolute atomic E-state index is 0.268. The summed E-state index contributed by atoms with van der Waals surface area (Å²) in [6.45, 7) is 1.60. The van der Waals surface area contributed by atoms with Gasteiger partial charge in [0.1, 0.15) is 5.75 Å². The molecule has 0 saturated carbocycles. The smallest absolute Gasteiger partial charge is 0.265 e. The van der Waals surface area contributed by atoms with E-state index in [2.05, 4.69) is 5.32 Å². The normalized spacial score (nSPS) is 11.2. The van der Waals surface area contributed by atoms with Gasteiger partial charge in [0, 0.05) is 11.8 Å². The van der Waals surface area contributed by atoms with E-state index in [1.54, 1.807) is 37.3 Å². The number of anilines is 1. The van der Waals surface area contributed by atoms with Gasteiger partial charge >= 0.3 is 0 Å². The van der Waals surface area contributed by atoms with E-state index in [-0.39, 0.29) is 10.9 Å². The first-order valence-electron chi connectivity index (χ1n) is 7.37. The molecule has 0 heterocycles. The molecule has 2 aromatic carbocycles. The molecule has 0 aliphatic heterocycles.